The Hall–Kier alpha value is -2.88. The van der Waals surface area contributed by atoms with Crippen molar-refractivity contribution in [3.05, 3.63) is 53.9 Å². The Kier molecular flexibility index (Phi) is 5.03. The van der Waals surface area contributed by atoms with E-state index in [0.29, 0.717) is 36.5 Å². The van der Waals surface area contributed by atoms with Crippen LogP contribution in [-0.2, 0) is 21.1 Å². The molecule has 0 radical (unpaired) electrons. The average molecular weight is 417 g/mol. The van der Waals surface area contributed by atoms with Gasteiger partial charge in [0, 0.05) is 25.3 Å². The van der Waals surface area contributed by atoms with Crippen molar-refractivity contribution in [3.63, 3.8) is 0 Å². The number of amides is 1. The molecule has 4 rings (SSSR count). The van der Waals surface area contributed by atoms with Crippen LogP contribution >= 0.6 is 0 Å². The lowest BCUT2D eigenvalue weighted by Crippen LogP contribution is -2.40. The summed E-state index contributed by atoms with van der Waals surface area (Å²) >= 11 is 0. The number of fused-ring (bicyclic) bond motifs is 1. The van der Waals surface area contributed by atoms with Crippen molar-refractivity contribution >= 4 is 21.5 Å². The monoisotopic (exact) mass is 417 g/mol. The molecule has 1 amide bonds. The van der Waals surface area contributed by atoms with Crippen molar-refractivity contribution in [1.82, 2.24) is 24.5 Å². The molecule has 0 unspecified atom stereocenters. The number of halogens is 1. The van der Waals surface area contributed by atoms with Gasteiger partial charge in [0.1, 0.15) is 17.0 Å². The van der Waals surface area contributed by atoms with E-state index in [-0.39, 0.29) is 29.0 Å². The van der Waals surface area contributed by atoms with Crippen molar-refractivity contribution in [2.24, 2.45) is 0 Å². The quantitative estimate of drug-likeness (QED) is 0.640. The molecule has 152 valence electrons. The lowest BCUT2D eigenvalue weighted by Gasteiger charge is -2.33. The van der Waals surface area contributed by atoms with Gasteiger partial charge in [-0.2, -0.15) is 14.6 Å². The van der Waals surface area contributed by atoms with Gasteiger partial charge in [0.05, 0.1) is 18.3 Å². The van der Waals surface area contributed by atoms with E-state index in [1.165, 1.54) is 29.2 Å². The third-order valence-electron chi connectivity index (χ3n) is 5.11. The number of carbonyl (C=O) groups is 1. The highest BCUT2D eigenvalue weighted by Crippen LogP contribution is 2.31. The topological polar surface area (TPSA) is 97.5 Å². The molecule has 1 aliphatic rings. The number of likely N-dealkylation sites (tertiary alicyclic amines) is 1. The summed E-state index contributed by atoms with van der Waals surface area (Å²) in [6.45, 7) is 0.931. The maximum Gasteiger partial charge on any atom is 0.252 e. The van der Waals surface area contributed by atoms with Crippen LogP contribution in [0.3, 0.4) is 0 Å². The standard InChI is InChI=1S/C19H20FN5O3S/c1-29(27,28)16-10-21-19-22-12-23-25(19)18(16)14-5-3-7-24(11-14)17(26)9-13-4-2-6-15(20)8-13/h2,4,6,8,10,12,14H,3,5,7,9,11H2,1H3/t14-/m1/s1. The molecule has 2 aromatic heterocycles. The number of piperidine rings is 1. The lowest BCUT2D eigenvalue weighted by atomic mass is 9.94. The number of rotatable bonds is 4. The van der Waals surface area contributed by atoms with Gasteiger partial charge in [-0.25, -0.2) is 17.8 Å². The third-order valence-corrected chi connectivity index (χ3v) is 6.23. The van der Waals surface area contributed by atoms with Crippen molar-refractivity contribution in [2.75, 3.05) is 19.3 Å². The van der Waals surface area contributed by atoms with Gasteiger partial charge in [0.25, 0.3) is 5.78 Å². The van der Waals surface area contributed by atoms with Gasteiger partial charge in [-0.15, -0.1) is 0 Å². The van der Waals surface area contributed by atoms with Crippen LogP contribution in [0.2, 0.25) is 0 Å². The van der Waals surface area contributed by atoms with E-state index in [0.717, 1.165) is 12.7 Å². The Morgan fingerprint density at radius 2 is 2.14 bits per heavy atom. The molecule has 1 fully saturated rings. The van der Waals surface area contributed by atoms with Gasteiger partial charge < -0.3 is 4.90 Å². The van der Waals surface area contributed by atoms with Gasteiger partial charge in [-0.05, 0) is 30.5 Å². The molecule has 1 atom stereocenters. The highest BCUT2D eigenvalue weighted by molar-refractivity contribution is 7.90. The molecule has 0 spiro atoms. The minimum atomic E-state index is -3.54. The summed E-state index contributed by atoms with van der Waals surface area (Å²) in [5.74, 6) is -0.409. The first kappa shape index (κ1) is 19.4. The molecule has 1 aromatic carbocycles. The smallest absolute Gasteiger partial charge is 0.252 e. The summed E-state index contributed by atoms with van der Waals surface area (Å²) < 4.78 is 39.5. The predicted octanol–water partition coefficient (Wildman–Crippen LogP) is 1.62. The molecule has 3 aromatic rings. The Balaban J connectivity index is 1.63. The Labute approximate surface area is 167 Å². The first-order valence-corrected chi connectivity index (χ1v) is 11.1. The van der Waals surface area contributed by atoms with Crippen molar-refractivity contribution in [1.29, 1.82) is 0 Å². The number of nitrogens with zero attached hydrogens (tertiary/aromatic N) is 5. The summed E-state index contributed by atoms with van der Waals surface area (Å²) in [7, 11) is -3.54. The number of hydrogen-bond acceptors (Lipinski definition) is 6. The first-order valence-electron chi connectivity index (χ1n) is 9.24. The zero-order chi connectivity index (χ0) is 20.6. The highest BCUT2D eigenvalue weighted by atomic mass is 32.2. The number of carbonyl (C=O) groups excluding carboxylic acids is 1. The maximum atomic E-state index is 13.4. The summed E-state index contributed by atoms with van der Waals surface area (Å²) in [6.07, 6.45) is 5.30. The van der Waals surface area contributed by atoms with E-state index >= 15 is 0 Å². The molecule has 0 saturated carbocycles. The summed E-state index contributed by atoms with van der Waals surface area (Å²) in [5.41, 5.74) is 1.11. The minimum absolute atomic E-state index is 0.0957. The summed E-state index contributed by atoms with van der Waals surface area (Å²) in [6, 6.07) is 5.98. The molecule has 10 heteroatoms. The number of aromatic nitrogens is 4. The van der Waals surface area contributed by atoms with E-state index in [2.05, 4.69) is 15.1 Å². The van der Waals surface area contributed by atoms with Gasteiger partial charge >= 0.3 is 0 Å². The van der Waals surface area contributed by atoms with E-state index in [1.807, 2.05) is 0 Å². The summed E-state index contributed by atoms with van der Waals surface area (Å²) in [5, 5.41) is 4.15. The highest BCUT2D eigenvalue weighted by Gasteiger charge is 2.31. The molecule has 3 heterocycles. The van der Waals surface area contributed by atoms with Gasteiger partial charge in [-0.3, -0.25) is 4.79 Å². The Bertz CT molecular complexity index is 1180. The molecule has 0 aliphatic carbocycles. The van der Waals surface area contributed by atoms with Crippen LogP contribution < -0.4 is 0 Å². The average Bonchev–Trinajstić information content (AvgIpc) is 3.15. The molecule has 8 nitrogen and oxygen atoms in total. The predicted molar refractivity (Wildman–Crippen MR) is 103 cm³/mol. The van der Waals surface area contributed by atoms with Gasteiger partial charge in [-0.1, -0.05) is 12.1 Å². The van der Waals surface area contributed by atoms with Crippen molar-refractivity contribution in [2.45, 2.75) is 30.1 Å². The van der Waals surface area contributed by atoms with Gasteiger partial charge in [0.15, 0.2) is 9.84 Å². The van der Waals surface area contributed by atoms with Crippen LogP contribution in [0.25, 0.3) is 5.78 Å². The molecule has 1 aliphatic heterocycles. The normalized spacial score (nSPS) is 17.6. The van der Waals surface area contributed by atoms with Crippen LogP contribution in [0, 0.1) is 5.82 Å². The lowest BCUT2D eigenvalue weighted by molar-refractivity contribution is -0.131. The second-order valence-electron chi connectivity index (χ2n) is 7.24. The molecule has 1 saturated heterocycles. The Morgan fingerprint density at radius 1 is 1.31 bits per heavy atom. The van der Waals surface area contributed by atoms with Crippen LogP contribution in [0.15, 0.2) is 41.7 Å². The van der Waals surface area contributed by atoms with E-state index < -0.39 is 9.84 Å². The number of sulfone groups is 1. The minimum Gasteiger partial charge on any atom is -0.342 e. The van der Waals surface area contributed by atoms with Crippen LogP contribution in [0.1, 0.15) is 30.0 Å². The Morgan fingerprint density at radius 3 is 2.90 bits per heavy atom. The summed E-state index contributed by atoms with van der Waals surface area (Å²) in [4.78, 5) is 22.7. The second-order valence-corrected chi connectivity index (χ2v) is 9.22. The van der Waals surface area contributed by atoms with E-state index in [1.54, 1.807) is 17.0 Å². The second kappa shape index (κ2) is 7.51. The fourth-order valence-corrected chi connectivity index (χ4v) is 4.68. The van der Waals surface area contributed by atoms with Crippen molar-refractivity contribution in [3.8, 4) is 0 Å². The molecular formula is C19H20FN5O3S. The fourth-order valence-electron chi connectivity index (χ4n) is 3.80. The maximum absolute atomic E-state index is 13.4. The van der Waals surface area contributed by atoms with Crippen molar-refractivity contribution < 1.29 is 17.6 Å². The zero-order valence-electron chi connectivity index (χ0n) is 15.8. The molecule has 0 bridgehead atoms. The first-order chi connectivity index (χ1) is 13.8. The number of benzene rings is 1. The third kappa shape index (κ3) is 3.98. The zero-order valence-corrected chi connectivity index (χ0v) is 16.6. The van der Waals surface area contributed by atoms with E-state index in [9.17, 15) is 17.6 Å². The van der Waals surface area contributed by atoms with Crippen LogP contribution in [0.4, 0.5) is 4.39 Å². The SMILES string of the molecule is CS(=O)(=O)c1cnc2ncnn2c1[C@@H]1CCCN(C(=O)Cc2cccc(F)c2)C1. The molecule has 0 N–H and O–H groups in total. The fraction of sp³-hybridized carbons (Fsp3) is 0.368. The van der Waals surface area contributed by atoms with Crippen LogP contribution in [0.5, 0.6) is 0 Å². The van der Waals surface area contributed by atoms with Crippen LogP contribution in [-0.4, -0.2) is 58.2 Å². The largest absolute Gasteiger partial charge is 0.342 e. The number of hydrogen-bond donors (Lipinski definition) is 0. The van der Waals surface area contributed by atoms with Gasteiger partial charge in [0.2, 0.25) is 5.91 Å². The molecule has 29 heavy (non-hydrogen) atoms. The molecular weight excluding hydrogens is 397 g/mol. The van der Waals surface area contributed by atoms with E-state index in [4.69, 9.17) is 0 Å².